The van der Waals surface area contributed by atoms with Gasteiger partial charge in [-0.1, -0.05) is 19.3 Å². The molecule has 1 aliphatic carbocycles. The van der Waals surface area contributed by atoms with Crippen LogP contribution in [-0.4, -0.2) is 34.2 Å². The summed E-state index contributed by atoms with van der Waals surface area (Å²) in [4.78, 5) is 2.58. The summed E-state index contributed by atoms with van der Waals surface area (Å²) >= 11 is 0. The fourth-order valence-electron chi connectivity index (χ4n) is 3.26. The predicted octanol–water partition coefficient (Wildman–Crippen LogP) is 2.55. The molecular weight excluding hydrogens is 186 g/mol. The van der Waals surface area contributed by atoms with Crippen LogP contribution >= 0.6 is 0 Å². The molecule has 0 aromatic heterocycles. The topological polar surface area (TPSA) is 23.5 Å². The Morgan fingerprint density at radius 3 is 2.40 bits per heavy atom. The van der Waals surface area contributed by atoms with Crippen LogP contribution in [0.4, 0.5) is 0 Å². The van der Waals surface area contributed by atoms with E-state index in [1.807, 2.05) is 0 Å². The van der Waals surface area contributed by atoms with Gasteiger partial charge in [-0.25, -0.2) is 0 Å². The SMILES string of the molecule is CC1(C)CCC(O)CN1C1CCCCC1. The molecule has 1 aliphatic heterocycles. The van der Waals surface area contributed by atoms with Gasteiger partial charge in [-0.3, -0.25) is 4.90 Å². The van der Waals surface area contributed by atoms with Crippen LogP contribution in [0.2, 0.25) is 0 Å². The zero-order valence-electron chi connectivity index (χ0n) is 10.2. The van der Waals surface area contributed by atoms with Crippen LogP contribution in [-0.2, 0) is 0 Å². The van der Waals surface area contributed by atoms with Crippen LogP contribution in [0.1, 0.15) is 58.8 Å². The quantitative estimate of drug-likeness (QED) is 0.720. The van der Waals surface area contributed by atoms with Gasteiger partial charge in [0.05, 0.1) is 6.10 Å². The summed E-state index contributed by atoms with van der Waals surface area (Å²) in [6, 6.07) is 0.740. The van der Waals surface area contributed by atoms with Gasteiger partial charge in [0.25, 0.3) is 0 Å². The summed E-state index contributed by atoms with van der Waals surface area (Å²) in [5.74, 6) is 0. The molecule has 2 heteroatoms. The second-order valence-electron chi connectivity index (χ2n) is 5.95. The normalized spacial score (nSPS) is 34.2. The third kappa shape index (κ3) is 2.54. The van der Waals surface area contributed by atoms with E-state index in [0.29, 0.717) is 5.54 Å². The van der Waals surface area contributed by atoms with Gasteiger partial charge >= 0.3 is 0 Å². The minimum atomic E-state index is -0.0834. The zero-order valence-corrected chi connectivity index (χ0v) is 10.2. The van der Waals surface area contributed by atoms with E-state index in [2.05, 4.69) is 18.7 Å². The number of β-amino-alcohol motifs (C(OH)–C–C–N with tert-alkyl or cyclic N) is 1. The van der Waals surface area contributed by atoms with Crippen LogP contribution in [0.5, 0.6) is 0 Å². The number of aliphatic hydroxyl groups is 1. The molecular formula is C13H25NO. The maximum atomic E-state index is 9.80. The number of rotatable bonds is 1. The maximum absolute atomic E-state index is 9.80. The molecule has 2 rings (SSSR count). The molecule has 0 aromatic carbocycles. The number of hydrogen-bond acceptors (Lipinski definition) is 2. The molecule has 0 bridgehead atoms. The molecule has 1 N–H and O–H groups in total. The number of piperidine rings is 1. The summed E-state index contributed by atoms with van der Waals surface area (Å²) < 4.78 is 0. The highest BCUT2D eigenvalue weighted by atomic mass is 16.3. The number of hydrogen-bond donors (Lipinski definition) is 1. The van der Waals surface area contributed by atoms with Crippen LogP contribution in [0.3, 0.4) is 0 Å². The van der Waals surface area contributed by atoms with Crippen molar-refractivity contribution in [2.75, 3.05) is 6.54 Å². The maximum Gasteiger partial charge on any atom is 0.0668 e. The lowest BCUT2D eigenvalue weighted by molar-refractivity contribution is -0.0398. The van der Waals surface area contributed by atoms with E-state index in [-0.39, 0.29) is 6.10 Å². The first-order valence-electron chi connectivity index (χ1n) is 6.54. The first kappa shape index (κ1) is 11.4. The Morgan fingerprint density at radius 2 is 1.73 bits per heavy atom. The largest absolute Gasteiger partial charge is 0.392 e. The third-order valence-electron chi connectivity index (χ3n) is 4.29. The van der Waals surface area contributed by atoms with Crippen LogP contribution < -0.4 is 0 Å². The molecule has 0 spiro atoms. The molecule has 1 saturated carbocycles. The van der Waals surface area contributed by atoms with E-state index in [0.717, 1.165) is 25.4 Å². The lowest BCUT2D eigenvalue weighted by atomic mass is 9.84. The van der Waals surface area contributed by atoms with Crippen LogP contribution in [0.25, 0.3) is 0 Å². The number of aliphatic hydroxyl groups excluding tert-OH is 1. The van der Waals surface area contributed by atoms with Gasteiger partial charge in [0.1, 0.15) is 0 Å². The van der Waals surface area contributed by atoms with Crippen molar-refractivity contribution in [3.8, 4) is 0 Å². The van der Waals surface area contributed by atoms with Crippen molar-refractivity contribution in [1.29, 1.82) is 0 Å². The fourth-order valence-corrected chi connectivity index (χ4v) is 3.26. The minimum Gasteiger partial charge on any atom is -0.392 e. The molecule has 0 aromatic rings. The van der Waals surface area contributed by atoms with Gasteiger partial charge in [-0.2, -0.15) is 0 Å². The van der Waals surface area contributed by atoms with Crippen molar-refractivity contribution in [3.05, 3.63) is 0 Å². The molecule has 1 atom stereocenters. The second kappa shape index (κ2) is 4.42. The van der Waals surface area contributed by atoms with Gasteiger partial charge in [0, 0.05) is 18.1 Å². The van der Waals surface area contributed by atoms with Crippen molar-refractivity contribution in [2.45, 2.75) is 76.5 Å². The first-order chi connectivity index (χ1) is 7.09. The Hall–Kier alpha value is -0.0800. The minimum absolute atomic E-state index is 0.0834. The van der Waals surface area contributed by atoms with Crippen molar-refractivity contribution in [3.63, 3.8) is 0 Å². The molecule has 15 heavy (non-hydrogen) atoms. The van der Waals surface area contributed by atoms with Crippen LogP contribution in [0, 0.1) is 0 Å². The van der Waals surface area contributed by atoms with Crippen molar-refractivity contribution in [2.24, 2.45) is 0 Å². The molecule has 88 valence electrons. The van der Waals surface area contributed by atoms with Gasteiger partial charge in [0.15, 0.2) is 0 Å². The molecule has 2 aliphatic rings. The Kier molecular flexibility index (Phi) is 3.36. The average Bonchev–Trinajstić information content (AvgIpc) is 2.23. The summed E-state index contributed by atoms with van der Waals surface area (Å²) in [7, 11) is 0. The summed E-state index contributed by atoms with van der Waals surface area (Å²) in [6.45, 7) is 5.58. The van der Waals surface area contributed by atoms with Crippen LogP contribution in [0.15, 0.2) is 0 Å². The standard InChI is InChI=1S/C13H25NO/c1-13(2)9-8-12(15)10-14(13)11-6-4-3-5-7-11/h11-12,15H,3-10H2,1-2H3. The predicted molar refractivity (Wildman–Crippen MR) is 62.9 cm³/mol. The lowest BCUT2D eigenvalue weighted by Crippen LogP contribution is -2.56. The third-order valence-corrected chi connectivity index (χ3v) is 4.29. The molecule has 1 unspecified atom stereocenters. The highest BCUT2D eigenvalue weighted by molar-refractivity contribution is 4.93. The van der Waals surface area contributed by atoms with Gasteiger partial charge < -0.3 is 5.11 Å². The van der Waals surface area contributed by atoms with Crippen molar-refractivity contribution >= 4 is 0 Å². The summed E-state index contributed by atoms with van der Waals surface area (Å²) in [6.07, 6.45) is 8.90. The number of likely N-dealkylation sites (tertiary alicyclic amines) is 1. The van der Waals surface area contributed by atoms with E-state index in [4.69, 9.17) is 0 Å². The van der Waals surface area contributed by atoms with E-state index in [1.165, 1.54) is 32.1 Å². The van der Waals surface area contributed by atoms with Gasteiger partial charge in [-0.05, 0) is 39.5 Å². The summed E-state index contributed by atoms with van der Waals surface area (Å²) in [5.41, 5.74) is 0.307. The van der Waals surface area contributed by atoms with Gasteiger partial charge in [0.2, 0.25) is 0 Å². The molecule has 0 amide bonds. The van der Waals surface area contributed by atoms with E-state index in [9.17, 15) is 5.11 Å². The van der Waals surface area contributed by atoms with E-state index in [1.54, 1.807) is 0 Å². The van der Waals surface area contributed by atoms with Crippen molar-refractivity contribution in [1.82, 2.24) is 4.90 Å². The molecule has 0 radical (unpaired) electrons. The molecule has 2 fully saturated rings. The van der Waals surface area contributed by atoms with Crippen molar-refractivity contribution < 1.29 is 5.11 Å². The lowest BCUT2D eigenvalue weighted by Gasteiger charge is -2.49. The van der Waals surface area contributed by atoms with E-state index >= 15 is 0 Å². The zero-order chi connectivity index (χ0) is 10.9. The Labute approximate surface area is 93.7 Å². The molecule has 1 heterocycles. The smallest absolute Gasteiger partial charge is 0.0668 e. The Bertz CT molecular complexity index is 209. The fraction of sp³-hybridized carbons (Fsp3) is 1.00. The monoisotopic (exact) mass is 211 g/mol. The highest BCUT2D eigenvalue weighted by Crippen LogP contribution is 2.34. The first-order valence-corrected chi connectivity index (χ1v) is 6.54. The van der Waals surface area contributed by atoms with E-state index < -0.39 is 0 Å². The average molecular weight is 211 g/mol. The Balaban J connectivity index is 2.02. The molecule has 2 nitrogen and oxygen atoms in total. The highest BCUT2D eigenvalue weighted by Gasteiger charge is 2.37. The Morgan fingerprint density at radius 1 is 1.07 bits per heavy atom. The van der Waals surface area contributed by atoms with Gasteiger partial charge in [-0.15, -0.1) is 0 Å². The summed E-state index contributed by atoms with van der Waals surface area (Å²) in [5, 5.41) is 9.80. The molecule has 1 saturated heterocycles. The second-order valence-corrected chi connectivity index (χ2v) is 5.95. The number of nitrogens with zero attached hydrogens (tertiary/aromatic N) is 1.